The SMILES string of the molecule is CC(C)(C)OC(=O)C1(C(=O)O)CNCC[N]1. The Bertz CT molecular complexity index is 290. The molecule has 6 nitrogen and oxygen atoms in total. The molecular weight excluding hydrogens is 212 g/mol. The number of piperazine rings is 1. The predicted octanol–water partition coefficient (Wildman–Crippen LogP) is -0.641. The largest absolute Gasteiger partial charge is 0.479 e. The van der Waals surface area contributed by atoms with Gasteiger partial charge in [-0.2, -0.15) is 0 Å². The maximum Gasteiger partial charge on any atom is 0.341 e. The number of esters is 1. The van der Waals surface area contributed by atoms with E-state index in [-0.39, 0.29) is 6.54 Å². The fourth-order valence-electron chi connectivity index (χ4n) is 1.38. The second-order valence-electron chi connectivity index (χ2n) is 4.73. The Kier molecular flexibility index (Phi) is 3.54. The summed E-state index contributed by atoms with van der Waals surface area (Å²) in [5.41, 5.74) is -2.50. The number of nitrogens with one attached hydrogen (secondary N) is 1. The summed E-state index contributed by atoms with van der Waals surface area (Å²) in [5, 5.41) is 15.9. The summed E-state index contributed by atoms with van der Waals surface area (Å²) in [7, 11) is 0. The van der Waals surface area contributed by atoms with Gasteiger partial charge in [0, 0.05) is 19.6 Å². The molecule has 91 valence electrons. The van der Waals surface area contributed by atoms with Crippen LogP contribution in [0.2, 0.25) is 0 Å². The van der Waals surface area contributed by atoms with Crippen molar-refractivity contribution in [3.8, 4) is 0 Å². The number of ether oxygens (including phenoxy) is 1. The highest BCUT2D eigenvalue weighted by molar-refractivity contribution is 6.04. The first-order valence-electron chi connectivity index (χ1n) is 5.14. The minimum Gasteiger partial charge on any atom is -0.479 e. The van der Waals surface area contributed by atoms with E-state index in [1.54, 1.807) is 20.8 Å². The van der Waals surface area contributed by atoms with Crippen LogP contribution in [0.1, 0.15) is 20.8 Å². The average Bonchev–Trinajstić information content (AvgIpc) is 2.16. The first kappa shape index (κ1) is 12.9. The molecule has 1 heterocycles. The number of aliphatic carboxylic acids is 1. The van der Waals surface area contributed by atoms with E-state index in [1.807, 2.05) is 0 Å². The molecule has 1 unspecified atom stereocenters. The van der Waals surface area contributed by atoms with Crippen LogP contribution < -0.4 is 10.6 Å². The summed E-state index contributed by atoms with van der Waals surface area (Å²) in [6.45, 7) is 5.94. The molecule has 0 saturated carbocycles. The number of carboxylic acid groups (broad SMARTS) is 1. The number of hydrogen-bond acceptors (Lipinski definition) is 4. The van der Waals surface area contributed by atoms with Crippen molar-refractivity contribution in [2.24, 2.45) is 0 Å². The molecule has 0 spiro atoms. The lowest BCUT2D eigenvalue weighted by atomic mass is 9.97. The van der Waals surface area contributed by atoms with Crippen LogP contribution in [-0.2, 0) is 14.3 Å². The number of carbonyl (C=O) groups excluding carboxylic acids is 1. The average molecular weight is 229 g/mol. The number of rotatable bonds is 2. The zero-order chi connectivity index (χ0) is 12.4. The molecule has 16 heavy (non-hydrogen) atoms. The zero-order valence-electron chi connectivity index (χ0n) is 9.74. The lowest BCUT2D eigenvalue weighted by Gasteiger charge is -2.33. The van der Waals surface area contributed by atoms with Crippen LogP contribution in [0, 0.1) is 0 Å². The molecule has 1 saturated heterocycles. The van der Waals surface area contributed by atoms with Gasteiger partial charge in [-0.25, -0.2) is 14.9 Å². The molecule has 1 fully saturated rings. The quantitative estimate of drug-likeness (QED) is 0.485. The summed E-state index contributed by atoms with van der Waals surface area (Å²) < 4.78 is 5.09. The van der Waals surface area contributed by atoms with Crippen LogP contribution in [0.4, 0.5) is 0 Å². The van der Waals surface area contributed by atoms with Gasteiger partial charge in [0.1, 0.15) is 5.60 Å². The van der Waals surface area contributed by atoms with Crippen molar-refractivity contribution >= 4 is 11.9 Å². The molecule has 0 aromatic rings. The third kappa shape index (κ3) is 2.70. The summed E-state index contributed by atoms with van der Waals surface area (Å²) in [4.78, 5) is 23.0. The minimum absolute atomic E-state index is 0.0166. The highest BCUT2D eigenvalue weighted by Crippen LogP contribution is 2.17. The Morgan fingerprint density at radius 1 is 1.44 bits per heavy atom. The Hall–Kier alpha value is -1.14. The molecule has 1 aliphatic rings. The van der Waals surface area contributed by atoms with E-state index in [2.05, 4.69) is 10.6 Å². The Balaban J connectivity index is 2.85. The van der Waals surface area contributed by atoms with Crippen molar-refractivity contribution in [1.29, 1.82) is 0 Å². The predicted molar refractivity (Wildman–Crippen MR) is 56.1 cm³/mol. The van der Waals surface area contributed by atoms with Crippen LogP contribution in [-0.4, -0.2) is 47.8 Å². The highest BCUT2D eigenvalue weighted by Gasteiger charge is 2.51. The van der Waals surface area contributed by atoms with Crippen LogP contribution in [0.25, 0.3) is 0 Å². The van der Waals surface area contributed by atoms with E-state index in [9.17, 15) is 9.59 Å². The van der Waals surface area contributed by atoms with Gasteiger partial charge in [-0.15, -0.1) is 0 Å². The third-order valence-electron chi connectivity index (χ3n) is 2.14. The standard InChI is InChI=1S/C10H17N2O4/c1-9(2,3)16-8(15)10(7(13)14)6-11-4-5-12-10/h11H,4-6H2,1-3H3,(H,13,14). The summed E-state index contributed by atoms with van der Waals surface area (Å²) in [6, 6.07) is 0. The maximum atomic E-state index is 11.8. The van der Waals surface area contributed by atoms with Gasteiger partial charge >= 0.3 is 11.9 Å². The van der Waals surface area contributed by atoms with Gasteiger partial charge in [0.25, 0.3) is 0 Å². The first-order chi connectivity index (χ1) is 7.28. The first-order valence-corrected chi connectivity index (χ1v) is 5.14. The Morgan fingerprint density at radius 3 is 2.44 bits per heavy atom. The molecule has 0 aromatic heterocycles. The van der Waals surface area contributed by atoms with Gasteiger partial charge in [-0.1, -0.05) is 0 Å². The van der Waals surface area contributed by atoms with Crippen molar-refractivity contribution in [1.82, 2.24) is 10.6 Å². The minimum atomic E-state index is -1.79. The van der Waals surface area contributed by atoms with Gasteiger partial charge in [-0.05, 0) is 20.8 Å². The van der Waals surface area contributed by atoms with Crippen molar-refractivity contribution in [3.63, 3.8) is 0 Å². The molecular formula is C10H17N2O4. The van der Waals surface area contributed by atoms with Gasteiger partial charge in [-0.3, -0.25) is 0 Å². The van der Waals surface area contributed by atoms with E-state index >= 15 is 0 Å². The molecule has 0 aromatic carbocycles. The number of hydrogen-bond donors (Lipinski definition) is 2. The zero-order valence-corrected chi connectivity index (χ0v) is 9.74. The van der Waals surface area contributed by atoms with Gasteiger partial charge < -0.3 is 15.2 Å². The third-order valence-corrected chi connectivity index (χ3v) is 2.14. The van der Waals surface area contributed by atoms with Gasteiger partial charge in [0.05, 0.1) is 0 Å². The normalized spacial score (nSPS) is 26.2. The lowest BCUT2D eigenvalue weighted by Crippen LogP contribution is -2.65. The van der Waals surface area contributed by atoms with Gasteiger partial charge in [0.15, 0.2) is 0 Å². The Labute approximate surface area is 94.3 Å². The lowest BCUT2D eigenvalue weighted by molar-refractivity contribution is -0.172. The molecule has 2 N–H and O–H groups in total. The number of carbonyl (C=O) groups is 2. The highest BCUT2D eigenvalue weighted by atomic mass is 16.6. The van der Waals surface area contributed by atoms with E-state index < -0.39 is 23.1 Å². The van der Waals surface area contributed by atoms with Crippen molar-refractivity contribution in [3.05, 3.63) is 0 Å². The monoisotopic (exact) mass is 229 g/mol. The number of nitrogens with zero attached hydrogens (tertiary/aromatic N) is 1. The van der Waals surface area contributed by atoms with Crippen LogP contribution in [0.3, 0.4) is 0 Å². The van der Waals surface area contributed by atoms with E-state index in [4.69, 9.17) is 9.84 Å². The molecule has 1 radical (unpaired) electrons. The van der Waals surface area contributed by atoms with E-state index in [1.165, 1.54) is 0 Å². The molecule has 0 bridgehead atoms. The summed E-state index contributed by atoms with van der Waals surface area (Å²) in [6.07, 6.45) is 0. The maximum absolute atomic E-state index is 11.8. The van der Waals surface area contributed by atoms with Crippen LogP contribution in [0.15, 0.2) is 0 Å². The summed E-state index contributed by atoms with van der Waals surface area (Å²) in [5.74, 6) is -2.08. The fourth-order valence-corrected chi connectivity index (χ4v) is 1.38. The molecule has 1 rings (SSSR count). The van der Waals surface area contributed by atoms with E-state index in [0.717, 1.165) is 0 Å². The van der Waals surface area contributed by atoms with Gasteiger partial charge in [0.2, 0.25) is 5.54 Å². The topological polar surface area (TPSA) is 89.7 Å². The van der Waals surface area contributed by atoms with Crippen LogP contribution in [0.5, 0.6) is 0 Å². The number of carboxylic acids is 1. The molecule has 1 atom stereocenters. The van der Waals surface area contributed by atoms with Crippen molar-refractivity contribution < 1.29 is 19.4 Å². The molecule has 0 aliphatic carbocycles. The molecule has 1 aliphatic heterocycles. The van der Waals surface area contributed by atoms with Crippen LogP contribution >= 0.6 is 0 Å². The molecule has 0 amide bonds. The fraction of sp³-hybridized carbons (Fsp3) is 0.800. The smallest absolute Gasteiger partial charge is 0.341 e. The second kappa shape index (κ2) is 4.39. The van der Waals surface area contributed by atoms with Crippen molar-refractivity contribution in [2.75, 3.05) is 19.6 Å². The second-order valence-corrected chi connectivity index (χ2v) is 4.73. The Morgan fingerprint density at radius 2 is 2.06 bits per heavy atom. The van der Waals surface area contributed by atoms with E-state index in [0.29, 0.717) is 13.1 Å². The van der Waals surface area contributed by atoms with Crippen molar-refractivity contribution in [2.45, 2.75) is 31.9 Å². The summed E-state index contributed by atoms with van der Waals surface area (Å²) >= 11 is 0. The molecule has 6 heteroatoms.